The van der Waals surface area contributed by atoms with Crippen LogP contribution in [0.25, 0.3) is 0 Å². The molecule has 0 saturated carbocycles. The Labute approximate surface area is 97.7 Å². The van der Waals surface area contributed by atoms with Crippen LogP contribution in [0, 0.1) is 5.41 Å². The van der Waals surface area contributed by atoms with Crippen molar-refractivity contribution in [3.05, 3.63) is 0 Å². The zero-order valence-electron chi connectivity index (χ0n) is 10.1. The zero-order chi connectivity index (χ0) is 12.2. The Hall–Kier alpha value is -0.580. The summed E-state index contributed by atoms with van der Waals surface area (Å²) in [5.74, 6) is 0.0131. The minimum atomic E-state index is -3.09. The van der Waals surface area contributed by atoms with Crippen LogP contribution in [0.15, 0.2) is 0 Å². The average Bonchev–Trinajstić information content (AvgIpc) is 2.33. The summed E-state index contributed by atoms with van der Waals surface area (Å²) in [4.78, 5) is 12.0. The summed E-state index contributed by atoms with van der Waals surface area (Å²) in [7, 11) is -3.09. The summed E-state index contributed by atoms with van der Waals surface area (Å²) in [5.41, 5.74) is -0.689. The fourth-order valence-corrected chi connectivity index (χ4v) is 4.09. The molecule has 1 rings (SSSR count). The van der Waals surface area contributed by atoms with Crippen LogP contribution in [0.3, 0.4) is 0 Å². The summed E-state index contributed by atoms with van der Waals surface area (Å²) in [6, 6.07) is 0. The van der Waals surface area contributed by atoms with Gasteiger partial charge in [0.25, 0.3) is 0 Å². The number of hydrogen-bond donors (Lipinski definition) is 1. The summed E-state index contributed by atoms with van der Waals surface area (Å²) in [5, 5.41) is 2.73. The first-order chi connectivity index (χ1) is 7.46. The van der Waals surface area contributed by atoms with Gasteiger partial charge in [-0.15, -0.1) is 0 Å². The van der Waals surface area contributed by atoms with Gasteiger partial charge in [-0.25, -0.2) is 8.42 Å². The van der Waals surface area contributed by atoms with E-state index >= 15 is 0 Å². The van der Waals surface area contributed by atoms with Gasteiger partial charge in [-0.2, -0.15) is 0 Å². The predicted octanol–water partition coefficient (Wildman–Crippen LogP) is 1.12. The number of amides is 1. The van der Waals surface area contributed by atoms with Crippen molar-refractivity contribution < 1.29 is 13.2 Å². The third-order valence-corrected chi connectivity index (χ3v) is 5.18. The quantitative estimate of drug-likeness (QED) is 0.809. The van der Waals surface area contributed by atoms with Crippen molar-refractivity contribution in [2.75, 3.05) is 18.1 Å². The second kappa shape index (κ2) is 5.17. The standard InChI is InChI=1S/C11H21NO3S/c1-3-5-6-11(4-2)9-16(14,15)8-7-12-10(11)13/h3-9H2,1-2H3,(H,12,13). The van der Waals surface area contributed by atoms with Crippen LogP contribution in [0.2, 0.25) is 0 Å². The lowest BCUT2D eigenvalue weighted by Gasteiger charge is -2.28. The highest BCUT2D eigenvalue weighted by Gasteiger charge is 2.41. The largest absolute Gasteiger partial charge is 0.355 e. The molecule has 1 aliphatic rings. The summed E-state index contributed by atoms with van der Waals surface area (Å²) < 4.78 is 23.5. The monoisotopic (exact) mass is 247 g/mol. The van der Waals surface area contributed by atoms with E-state index in [-0.39, 0.29) is 24.0 Å². The molecule has 1 heterocycles. The number of rotatable bonds is 4. The maximum Gasteiger partial charge on any atom is 0.227 e. The molecule has 0 radical (unpaired) electrons. The number of sulfone groups is 1. The van der Waals surface area contributed by atoms with E-state index in [0.29, 0.717) is 12.8 Å². The van der Waals surface area contributed by atoms with E-state index < -0.39 is 15.3 Å². The molecule has 0 aromatic carbocycles. The molecule has 0 bridgehead atoms. The van der Waals surface area contributed by atoms with Gasteiger partial charge in [-0.1, -0.05) is 26.7 Å². The molecule has 94 valence electrons. The molecule has 5 heteroatoms. The summed E-state index contributed by atoms with van der Waals surface area (Å²) in [6.45, 7) is 4.21. The number of carbonyl (C=O) groups excluding carboxylic acids is 1. The van der Waals surface area contributed by atoms with Gasteiger partial charge >= 0.3 is 0 Å². The lowest BCUT2D eigenvalue weighted by Crippen LogP contribution is -2.42. The number of unbranched alkanes of at least 4 members (excludes halogenated alkanes) is 1. The third-order valence-electron chi connectivity index (χ3n) is 3.36. The van der Waals surface area contributed by atoms with Gasteiger partial charge in [-0.3, -0.25) is 4.79 Å². The molecule has 0 spiro atoms. The normalized spacial score (nSPS) is 29.5. The van der Waals surface area contributed by atoms with E-state index in [0.717, 1.165) is 12.8 Å². The molecule has 0 aromatic heterocycles. The minimum Gasteiger partial charge on any atom is -0.355 e. The highest BCUT2D eigenvalue weighted by molar-refractivity contribution is 7.91. The van der Waals surface area contributed by atoms with Crippen molar-refractivity contribution in [1.29, 1.82) is 0 Å². The van der Waals surface area contributed by atoms with Gasteiger partial charge in [0.15, 0.2) is 9.84 Å². The van der Waals surface area contributed by atoms with E-state index in [1.165, 1.54) is 0 Å². The van der Waals surface area contributed by atoms with Crippen molar-refractivity contribution in [2.24, 2.45) is 5.41 Å². The molecule has 1 amide bonds. The first kappa shape index (κ1) is 13.5. The highest BCUT2D eigenvalue weighted by Crippen LogP contribution is 2.32. The second-order valence-corrected chi connectivity index (χ2v) is 6.77. The van der Waals surface area contributed by atoms with Gasteiger partial charge in [0.2, 0.25) is 5.91 Å². The van der Waals surface area contributed by atoms with Crippen LogP contribution in [0.4, 0.5) is 0 Å². The molecule has 1 unspecified atom stereocenters. The van der Waals surface area contributed by atoms with Crippen molar-refractivity contribution in [2.45, 2.75) is 39.5 Å². The van der Waals surface area contributed by atoms with Crippen LogP contribution >= 0.6 is 0 Å². The fraction of sp³-hybridized carbons (Fsp3) is 0.909. The molecule has 1 saturated heterocycles. The highest BCUT2D eigenvalue weighted by atomic mass is 32.2. The van der Waals surface area contributed by atoms with Crippen molar-refractivity contribution >= 4 is 15.7 Å². The smallest absolute Gasteiger partial charge is 0.227 e. The molecule has 1 N–H and O–H groups in total. The Bertz CT molecular complexity index is 350. The van der Waals surface area contributed by atoms with E-state index in [9.17, 15) is 13.2 Å². The van der Waals surface area contributed by atoms with Gasteiger partial charge in [0, 0.05) is 6.54 Å². The molecule has 0 aromatic rings. The molecule has 1 fully saturated rings. The molecular weight excluding hydrogens is 226 g/mol. The fourth-order valence-electron chi connectivity index (χ4n) is 2.21. The average molecular weight is 247 g/mol. The SMILES string of the molecule is CCCCC1(CC)CS(=O)(=O)CCNC1=O. The van der Waals surface area contributed by atoms with Crippen LogP contribution < -0.4 is 5.32 Å². The van der Waals surface area contributed by atoms with E-state index in [1.54, 1.807) is 0 Å². The Morgan fingerprint density at radius 2 is 2.06 bits per heavy atom. The van der Waals surface area contributed by atoms with Crippen molar-refractivity contribution in [3.8, 4) is 0 Å². The maximum atomic E-state index is 12.0. The van der Waals surface area contributed by atoms with E-state index in [2.05, 4.69) is 5.32 Å². The number of carbonyl (C=O) groups is 1. The van der Waals surface area contributed by atoms with Crippen LogP contribution in [-0.4, -0.2) is 32.4 Å². The topological polar surface area (TPSA) is 63.2 Å². The van der Waals surface area contributed by atoms with E-state index in [4.69, 9.17) is 0 Å². The molecule has 4 nitrogen and oxygen atoms in total. The lowest BCUT2D eigenvalue weighted by atomic mass is 9.81. The molecule has 16 heavy (non-hydrogen) atoms. The lowest BCUT2D eigenvalue weighted by molar-refractivity contribution is -0.130. The zero-order valence-corrected chi connectivity index (χ0v) is 10.9. The third kappa shape index (κ3) is 2.97. The molecule has 0 aliphatic carbocycles. The Kier molecular flexibility index (Phi) is 4.35. The maximum absolute atomic E-state index is 12.0. The van der Waals surface area contributed by atoms with Gasteiger partial charge in [0.1, 0.15) is 0 Å². The predicted molar refractivity (Wildman–Crippen MR) is 63.9 cm³/mol. The number of nitrogens with one attached hydrogen (secondary N) is 1. The van der Waals surface area contributed by atoms with Gasteiger partial charge in [0.05, 0.1) is 16.9 Å². The van der Waals surface area contributed by atoms with Crippen LogP contribution in [-0.2, 0) is 14.6 Å². The van der Waals surface area contributed by atoms with Crippen LogP contribution in [0.1, 0.15) is 39.5 Å². The van der Waals surface area contributed by atoms with Gasteiger partial charge < -0.3 is 5.32 Å². The summed E-state index contributed by atoms with van der Waals surface area (Å²) in [6.07, 6.45) is 3.15. The molecule has 1 aliphatic heterocycles. The Morgan fingerprint density at radius 3 is 2.62 bits per heavy atom. The van der Waals surface area contributed by atoms with Crippen molar-refractivity contribution in [1.82, 2.24) is 5.32 Å². The van der Waals surface area contributed by atoms with E-state index in [1.807, 2.05) is 13.8 Å². The molecular formula is C11H21NO3S. The van der Waals surface area contributed by atoms with Crippen LogP contribution in [0.5, 0.6) is 0 Å². The first-order valence-corrected chi connectivity index (χ1v) is 7.76. The van der Waals surface area contributed by atoms with Crippen molar-refractivity contribution in [3.63, 3.8) is 0 Å². The number of hydrogen-bond acceptors (Lipinski definition) is 3. The second-order valence-electron chi connectivity index (χ2n) is 4.59. The first-order valence-electron chi connectivity index (χ1n) is 5.94. The van der Waals surface area contributed by atoms with Gasteiger partial charge in [-0.05, 0) is 12.8 Å². The Morgan fingerprint density at radius 1 is 1.38 bits per heavy atom. The minimum absolute atomic E-state index is 0.0162. The summed E-state index contributed by atoms with van der Waals surface area (Å²) >= 11 is 0. The Balaban J connectivity index is 2.96. The molecule has 1 atom stereocenters.